The highest BCUT2D eigenvalue weighted by molar-refractivity contribution is 5.86. The summed E-state index contributed by atoms with van der Waals surface area (Å²) < 4.78 is 10.9. The standard InChI is InChI=1S/C24H21NO4/c1-16(26)25-12-11-18-5-3-4-6-22(18)23(25)15-24(27)29-21-10-8-17-7-9-20(28-2)13-19(17)14-21/h3-14,23H,15H2,1-2H3. The quantitative estimate of drug-likeness (QED) is 0.480. The van der Waals surface area contributed by atoms with Crippen LogP contribution in [-0.4, -0.2) is 23.9 Å². The van der Waals surface area contributed by atoms with Crippen molar-refractivity contribution in [1.82, 2.24) is 4.90 Å². The van der Waals surface area contributed by atoms with Crippen LogP contribution >= 0.6 is 0 Å². The molecular weight excluding hydrogens is 366 g/mol. The highest BCUT2D eigenvalue weighted by Crippen LogP contribution is 2.33. The van der Waals surface area contributed by atoms with Crippen LogP contribution in [0, 0.1) is 0 Å². The van der Waals surface area contributed by atoms with Gasteiger partial charge < -0.3 is 14.4 Å². The molecule has 0 saturated carbocycles. The normalized spacial score (nSPS) is 15.1. The number of fused-ring (bicyclic) bond motifs is 2. The summed E-state index contributed by atoms with van der Waals surface area (Å²) in [4.78, 5) is 26.4. The van der Waals surface area contributed by atoms with Crippen LogP contribution in [0.1, 0.15) is 30.5 Å². The SMILES string of the molecule is COc1ccc2ccc(OC(=O)CC3c4ccccc4C=CN3C(C)=O)cc2c1. The minimum absolute atomic E-state index is 0.0665. The van der Waals surface area contributed by atoms with Gasteiger partial charge in [-0.05, 0) is 52.2 Å². The van der Waals surface area contributed by atoms with E-state index in [-0.39, 0.29) is 18.4 Å². The average molecular weight is 387 g/mol. The maximum Gasteiger partial charge on any atom is 0.313 e. The Morgan fingerprint density at radius 1 is 0.966 bits per heavy atom. The summed E-state index contributed by atoms with van der Waals surface area (Å²) in [6.07, 6.45) is 3.68. The molecule has 1 heterocycles. The monoisotopic (exact) mass is 387 g/mol. The zero-order chi connectivity index (χ0) is 20.4. The highest BCUT2D eigenvalue weighted by Gasteiger charge is 2.28. The van der Waals surface area contributed by atoms with E-state index in [4.69, 9.17) is 9.47 Å². The predicted octanol–water partition coefficient (Wildman–Crippen LogP) is 4.72. The number of methoxy groups -OCH3 is 1. The lowest BCUT2D eigenvalue weighted by atomic mass is 9.94. The number of amides is 1. The fourth-order valence-electron chi connectivity index (χ4n) is 3.64. The summed E-state index contributed by atoms with van der Waals surface area (Å²) in [6, 6.07) is 18.6. The highest BCUT2D eigenvalue weighted by atomic mass is 16.5. The number of carbonyl (C=O) groups is 2. The minimum Gasteiger partial charge on any atom is -0.497 e. The topological polar surface area (TPSA) is 55.8 Å². The average Bonchev–Trinajstić information content (AvgIpc) is 2.73. The molecule has 0 spiro atoms. The van der Waals surface area contributed by atoms with Crippen LogP contribution in [0.15, 0.2) is 66.9 Å². The third-order valence-corrected chi connectivity index (χ3v) is 5.08. The summed E-state index contributed by atoms with van der Waals surface area (Å²) in [5.74, 6) is 0.688. The van der Waals surface area contributed by atoms with E-state index >= 15 is 0 Å². The molecule has 0 aliphatic carbocycles. The van der Waals surface area contributed by atoms with Crippen molar-refractivity contribution in [3.8, 4) is 11.5 Å². The number of nitrogens with zero attached hydrogens (tertiary/aromatic N) is 1. The van der Waals surface area contributed by atoms with Crippen LogP contribution in [0.2, 0.25) is 0 Å². The first-order chi connectivity index (χ1) is 14.0. The Hall–Kier alpha value is -3.60. The predicted molar refractivity (Wildman–Crippen MR) is 111 cm³/mol. The van der Waals surface area contributed by atoms with E-state index in [1.54, 1.807) is 24.3 Å². The molecule has 3 aromatic carbocycles. The van der Waals surface area contributed by atoms with Gasteiger partial charge in [-0.15, -0.1) is 0 Å². The van der Waals surface area contributed by atoms with Crippen molar-refractivity contribution in [3.63, 3.8) is 0 Å². The van der Waals surface area contributed by atoms with E-state index < -0.39 is 5.97 Å². The Bertz CT molecular complexity index is 1120. The van der Waals surface area contributed by atoms with Crippen molar-refractivity contribution >= 4 is 28.7 Å². The molecule has 3 aromatic rings. The largest absolute Gasteiger partial charge is 0.497 e. The van der Waals surface area contributed by atoms with Crippen molar-refractivity contribution in [1.29, 1.82) is 0 Å². The summed E-state index contributed by atoms with van der Waals surface area (Å²) in [6.45, 7) is 1.49. The van der Waals surface area contributed by atoms with Gasteiger partial charge in [0, 0.05) is 13.1 Å². The first-order valence-electron chi connectivity index (χ1n) is 9.39. The smallest absolute Gasteiger partial charge is 0.313 e. The van der Waals surface area contributed by atoms with Gasteiger partial charge in [0.15, 0.2) is 0 Å². The lowest BCUT2D eigenvalue weighted by molar-refractivity contribution is -0.137. The van der Waals surface area contributed by atoms with Gasteiger partial charge in [-0.2, -0.15) is 0 Å². The molecule has 0 saturated heterocycles. The molecule has 0 radical (unpaired) electrons. The maximum absolute atomic E-state index is 12.7. The Balaban J connectivity index is 1.56. The fourth-order valence-corrected chi connectivity index (χ4v) is 3.64. The Labute approximate surface area is 169 Å². The van der Waals surface area contributed by atoms with Gasteiger partial charge in [-0.3, -0.25) is 9.59 Å². The Kier molecular flexibility index (Phi) is 5.04. The van der Waals surface area contributed by atoms with E-state index in [2.05, 4.69) is 0 Å². The van der Waals surface area contributed by atoms with E-state index in [0.29, 0.717) is 5.75 Å². The number of benzene rings is 3. The molecule has 1 amide bonds. The summed E-state index contributed by atoms with van der Waals surface area (Å²) in [5, 5.41) is 1.95. The van der Waals surface area contributed by atoms with Crippen LogP contribution in [0.3, 0.4) is 0 Å². The molecule has 0 N–H and O–H groups in total. The zero-order valence-electron chi connectivity index (χ0n) is 16.3. The molecule has 146 valence electrons. The number of carbonyl (C=O) groups excluding carboxylic acids is 2. The minimum atomic E-state index is -0.395. The van der Waals surface area contributed by atoms with E-state index in [9.17, 15) is 9.59 Å². The first-order valence-corrected chi connectivity index (χ1v) is 9.39. The lowest BCUT2D eigenvalue weighted by Crippen LogP contribution is -2.33. The van der Waals surface area contributed by atoms with Crippen LogP contribution in [0.5, 0.6) is 11.5 Å². The lowest BCUT2D eigenvalue weighted by Gasteiger charge is -2.32. The maximum atomic E-state index is 12.7. The van der Waals surface area contributed by atoms with Gasteiger partial charge in [0.2, 0.25) is 5.91 Å². The summed E-state index contributed by atoms with van der Waals surface area (Å²) >= 11 is 0. The number of hydrogen-bond acceptors (Lipinski definition) is 4. The van der Waals surface area contributed by atoms with Gasteiger partial charge in [0.1, 0.15) is 11.5 Å². The van der Waals surface area contributed by atoms with Crippen LogP contribution < -0.4 is 9.47 Å². The molecule has 0 bridgehead atoms. The van der Waals surface area contributed by atoms with Gasteiger partial charge in [0.05, 0.1) is 19.6 Å². The van der Waals surface area contributed by atoms with Crippen molar-refractivity contribution in [2.24, 2.45) is 0 Å². The molecule has 1 aliphatic rings. The Morgan fingerprint density at radius 3 is 2.45 bits per heavy atom. The molecule has 0 aromatic heterocycles. The Morgan fingerprint density at radius 2 is 1.69 bits per heavy atom. The third-order valence-electron chi connectivity index (χ3n) is 5.08. The fraction of sp³-hybridized carbons (Fsp3) is 0.167. The van der Waals surface area contributed by atoms with Crippen molar-refractivity contribution < 1.29 is 19.1 Å². The molecule has 1 unspecified atom stereocenters. The second-order valence-electron chi connectivity index (χ2n) is 6.94. The second-order valence-corrected chi connectivity index (χ2v) is 6.94. The molecule has 5 nitrogen and oxygen atoms in total. The van der Waals surface area contributed by atoms with Crippen molar-refractivity contribution in [3.05, 3.63) is 78.0 Å². The van der Waals surface area contributed by atoms with E-state index in [1.807, 2.05) is 60.7 Å². The number of rotatable bonds is 4. The number of hydrogen-bond donors (Lipinski definition) is 0. The van der Waals surface area contributed by atoms with Gasteiger partial charge in [0.25, 0.3) is 0 Å². The first kappa shape index (κ1) is 18.7. The molecule has 4 rings (SSSR count). The third kappa shape index (κ3) is 3.85. The van der Waals surface area contributed by atoms with Gasteiger partial charge >= 0.3 is 5.97 Å². The molecule has 1 atom stereocenters. The zero-order valence-corrected chi connectivity index (χ0v) is 16.3. The summed E-state index contributed by atoms with van der Waals surface area (Å²) in [7, 11) is 1.61. The van der Waals surface area contributed by atoms with Gasteiger partial charge in [-0.25, -0.2) is 0 Å². The molecule has 0 fully saturated rings. The van der Waals surface area contributed by atoms with E-state index in [0.717, 1.165) is 27.6 Å². The molecule has 5 heteroatoms. The van der Waals surface area contributed by atoms with Gasteiger partial charge in [-0.1, -0.05) is 36.4 Å². The van der Waals surface area contributed by atoms with E-state index in [1.165, 1.54) is 6.92 Å². The van der Waals surface area contributed by atoms with Crippen molar-refractivity contribution in [2.45, 2.75) is 19.4 Å². The van der Waals surface area contributed by atoms with Crippen molar-refractivity contribution in [2.75, 3.05) is 7.11 Å². The van der Waals surface area contributed by atoms with Crippen LogP contribution in [0.25, 0.3) is 16.8 Å². The van der Waals surface area contributed by atoms with Crippen LogP contribution in [-0.2, 0) is 9.59 Å². The molecule has 1 aliphatic heterocycles. The van der Waals surface area contributed by atoms with Crippen LogP contribution in [0.4, 0.5) is 0 Å². The second kappa shape index (κ2) is 7.80. The molecular formula is C24H21NO4. The number of esters is 1. The molecule has 29 heavy (non-hydrogen) atoms. The number of ether oxygens (including phenoxy) is 2. The summed E-state index contributed by atoms with van der Waals surface area (Å²) in [5.41, 5.74) is 1.94.